The van der Waals surface area contributed by atoms with Crippen molar-refractivity contribution in [2.75, 3.05) is 37.6 Å². The predicted octanol–water partition coefficient (Wildman–Crippen LogP) is 3.29. The molecule has 2 aromatic carbocycles. The maximum atomic E-state index is 12.3. The molecule has 1 aliphatic rings. The summed E-state index contributed by atoms with van der Waals surface area (Å²) in [5.74, 6) is 0. The molecule has 0 bridgehead atoms. The summed E-state index contributed by atoms with van der Waals surface area (Å²) in [6, 6.07) is 17.4. The van der Waals surface area contributed by atoms with E-state index in [0.717, 1.165) is 35.8 Å². The van der Waals surface area contributed by atoms with Gasteiger partial charge in [-0.15, -0.1) is 0 Å². The van der Waals surface area contributed by atoms with E-state index in [1.54, 1.807) is 6.07 Å². The third-order valence-electron chi connectivity index (χ3n) is 4.51. The average Bonchev–Trinajstić information content (AvgIpc) is 2.69. The number of carbonyl (C=O) groups excluding carboxylic acids is 1. The van der Waals surface area contributed by atoms with Crippen molar-refractivity contribution in [1.29, 1.82) is 5.26 Å². The van der Waals surface area contributed by atoms with Crippen LogP contribution in [0.25, 0.3) is 0 Å². The lowest BCUT2D eigenvalue weighted by atomic mass is 10.1. The molecule has 0 aliphatic carbocycles. The molecule has 1 saturated heterocycles. The Labute approximate surface area is 158 Å². The number of hydrogen-bond acceptors (Lipinski definition) is 3. The highest BCUT2D eigenvalue weighted by Crippen LogP contribution is 2.18. The second-order valence-corrected chi connectivity index (χ2v) is 6.68. The Kier molecular flexibility index (Phi) is 5.98. The van der Waals surface area contributed by atoms with Crippen LogP contribution in [0.2, 0.25) is 5.02 Å². The number of nitrogens with one attached hydrogen (secondary N) is 1. The highest BCUT2D eigenvalue weighted by molar-refractivity contribution is 6.30. The summed E-state index contributed by atoms with van der Waals surface area (Å²) in [7, 11) is 0. The first-order valence-corrected chi connectivity index (χ1v) is 9.06. The van der Waals surface area contributed by atoms with Crippen LogP contribution in [0.15, 0.2) is 48.5 Å². The summed E-state index contributed by atoms with van der Waals surface area (Å²) in [5, 5.41) is 12.7. The number of hydrogen-bond donors (Lipinski definition) is 1. The Morgan fingerprint density at radius 1 is 1.12 bits per heavy atom. The van der Waals surface area contributed by atoms with Crippen molar-refractivity contribution in [3.8, 4) is 6.07 Å². The minimum absolute atomic E-state index is 0.0237. The lowest BCUT2D eigenvalue weighted by molar-refractivity contribution is 0.194. The normalized spacial score (nSPS) is 14.0. The number of anilines is 1. The molecule has 0 aromatic heterocycles. The molecule has 0 radical (unpaired) electrons. The van der Waals surface area contributed by atoms with Gasteiger partial charge in [0.1, 0.15) is 0 Å². The Morgan fingerprint density at radius 3 is 2.54 bits per heavy atom. The molecule has 1 aliphatic heterocycles. The van der Waals surface area contributed by atoms with Gasteiger partial charge >= 0.3 is 6.03 Å². The Morgan fingerprint density at radius 2 is 1.85 bits per heavy atom. The number of nitrogens with zero attached hydrogens (tertiary/aromatic N) is 3. The van der Waals surface area contributed by atoms with Crippen LogP contribution in [0.1, 0.15) is 11.1 Å². The fourth-order valence-electron chi connectivity index (χ4n) is 3.02. The van der Waals surface area contributed by atoms with Gasteiger partial charge in [0.05, 0.1) is 11.6 Å². The van der Waals surface area contributed by atoms with E-state index in [1.807, 2.05) is 47.4 Å². The second kappa shape index (κ2) is 8.59. The molecule has 2 aromatic rings. The van der Waals surface area contributed by atoms with Crippen LogP contribution in [0.3, 0.4) is 0 Å². The minimum atomic E-state index is -0.0237. The maximum absolute atomic E-state index is 12.3. The third-order valence-corrected chi connectivity index (χ3v) is 4.76. The maximum Gasteiger partial charge on any atom is 0.317 e. The molecule has 6 heteroatoms. The van der Waals surface area contributed by atoms with Crippen molar-refractivity contribution in [1.82, 2.24) is 10.2 Å². The molecule has 2 amide bonds. The van der Waals surface area contributed by atoms with Gasteiger partial charge in [-0.3, -0.25) is 0 Å². The number of halogens is 1. The third kappa shape index (κ3) is 4.68. The van der Waals surface area contributed by atoms with Gasteiger partial charge in [0.25, 0.3) is 0 Å². The standard InChI is InChI=1S/C20H21ClN4O/c21-18-6-4-16(5-7-18)8-9-23-20(26)25-12-10-24(11-13-25)19-3-1-2-17(14-19)15-22/h1-7,14H,8-13H2,(H,23,26). The second-order valence-electron chi connectivity index (χ2n) is 6.24. The first kappa shape index (κ1) is 18.1. The van der Waals surface area contributed by atoms with Crippen LogP contribution < -0.4 is 10.2 Å². The Bertz CT molecular complexity index is 792. The molecule has 134 valence electrons. The van der Waals surface area contributed by atoms with Gasteiger partial charge in [-0.2, -0.15) is 5.26 Å². The van der Waals surface area contributed by atoms with E-state index in [2.05, 4.69) is 16.3 Å². The van der Waals surface area contributed by atoms with Crippen molar-refractivity contribution in [2.24, 2.45) is 0 Å². The molecule has 1 N–H and O–H groups in total. The molecular weight excluding hydrogens is 348 g/mol. The number of benzene rings is 2. The van der Waals surface area contributed by atoms with Gasteiger partial charge in [0.2, 0.25) is 0 Å². The molecule has 0 spiro atoms. The van der Waals surface area contributed by atoms with Gasteiger partial charge in [-0.25, -0.2) is 4.79 Å². The highest BCUT2D eigenvalue weighted by Gasteiger charge is 2.21. The molecule has 3 rings (SSSR count). The smallest absolute Gasteiger partial charge is 0.317 e. The summed E-state index contributed by atoms with van der Waals surface area (Å²) in [5.41, 5.74) is 2.84. The number of amides is 2. The van der Waals surface area contributed by atoms with Crippen LogP contribution in [-0.4, -0.2) is 43.7 Å². The fourth-order valence-corrected chi connectivity index (χ4v) is 3.14. The SMILES string of the molecule is N#Cc1cccc(N2CCN(C(=O)NCCc3ccc(Cl)cc3)CC2)c1. The van der Waals surface area contributed by atoms with Crippen molar-refractivity contribution < 1.29 is 4.79 Å². The lowest BCUT2D eigenvalue weighted by Gasteiger charge is -2.36. The van der Waals surface area contributed by atoms with Gasteiger partial charge < -0.3 is 15.1 Å². The van der Waals surface area contributed by atoms with Crippen LogP contribution >= 0.6 is 11.6 Å². The van der Waals surface area contributed by atoms with Crippen molar-refractivity contribution in [3.63, 3.8) is 0 Å². The highest BCUT2D eigenvalue weighted by atomic mass is 35.5. The summed E-state index contributed by atoms with van der Waals surface area (Å²) in [4.78, 5) is 16.4. The topological polar surface area (TPSA) is 59.4 Å². The summed E-state index contributed by atoms with van der Waals surface area (Å²) in [6.07, 6.45) is 0.782. The fraction of sp³-hybridized carbons (Fsp3) is 0.300. The van der Waals surface area contributed by atoms with Crippen LogP contribution in [-0.2, 0) is 6.42 Å². The largest absolute Gasteiger partial charge is 0.368 e. The lowest BCUT2D eigenvalue weighted by Crippen LogP contribution is -2.52. The van der Waals surface area contributed by atoms with E-state index < -0.39 is 0 Å². The van der Waals surface area contributed by atoms with Gasteiger partial charge in [-0.1, -0.05) is 29.8 Å². The Balaban J connectivity index is 1.44. The van der Waals surface area contributed by atoms with Crippen molar-refractivity contribution in [3.05, 3.63) is 64.7 Å². The summed E-state index contributed by atoms with van der Waals surface area (Å²) < 4.78 is 0. The van der Waals surface area contributed by atoms with Crippen molar-refractivity contribution in [2.45, 2.75) is 6.42 Å². The molecule has 0 atom stereocenters. The molecule has 26 heavy (non-hydrogen) atoms. The predicted molar refractivity (Wildman–Crippen MR) is 103 cm³/mol. The zero-order chi connectivity index (χ0) is 18.4. The van der Waals surface area contributed by atoms with E-state index in [1.165, 1.54) is 0 Å². The van der Waals surface area contributed by atoms with Gasteiger partial charge in [0, 0.05) is 43.4 Å². The quantitative estimate of drug-likeness (QED) is 0.900. The van der Waals surface area contributed by atoms with Gasteiger partial charge in [0.15, 0.2) is 0 Å². The van der Waals surface area contributed by atoms with E-state index in [-0.39, 0.29) is 6.03 Å². The first-order valence-electron chi connectivity index (χ1n) is 8.68. The van der Waals surface area contributed by atoms with Crippen LogP contribution in [0.4, 0.5) is 10.5 Å². The number of carbonyl (C=O) groups is 1. The molecular formula is C20H21ClN4O. The van der Waals surface area contributed by atoms with E-state index in [9.17, 15) is 4.79 Å². The molecule has 1 fully saturated rings. The number of nitriles is 1. The summed E-state index contributed by atoms with van der Waals surface area (Å²) in [6.45, 7) is 3.47. The molecule has 1 heterocycles. The van der Waals surface area contributed by atoms with Gasteiger partial charge in [-0.05, 0) is 42.3 Å². The van der Waals surface area contributed by atoms with E-state index in [4.69, 9.17) is 16.9 Å². The number of urea groups is 1. The average molecular weight is 369 g/mol. The summed E-state index contributed by atoms with van der Waals surface area (Å²) >= 11 is 5.87. The molecule has 0 saturated carbocycles. The Hall–Kier alpha value is -2.71. The number of piperazine rings is 1. The van der Waals surface area contributed by atoms with E-state index in [0.29, 0.717) is 25.2 Å². The number of rotatable bonds is 4. The molecule has 0 unspecified atom stereocenters. The monoisotopic (exact) mass is 368 g/mol. The minimum Gasteiger partial charge on any atom is -0.368 e. The van der Waals surface area contributed by atoms with Crippen LogP contribution in [0.5, 0.6) is 0 Å². The zero-order valence-corrected chi connectivity index (χ0v) is 15.2. The molecule has 5 nitrogen and oxygen atoms in total. The van der Waals surface area contributed by atoms with Crippen LogP contribution in [0, 0.1) is 11.3 Å². The zero-order valence-electron chi connectivity index (χ0n) is 14.5. The first-order chi connectivity index (χ1) is 12.7. The van der Waals surface area contributed by atoms with Crippen molar-refractivity contribution >= 4 is 23.3 Å². The van der Waals surface area contributed by atoms with E-state index >= 15 is 0 Å².